The zero-order valence-electron chi connectivity index (χ0n) is 14.1. The highest BCUT2D eigenvalue weighted by molar-refractivity contribution is 5.97. The molecule has 0 radical (unpaired) electrons. The first-order valence-electron chi connectivity index (χ1n) is 8.34. The van der Waals surface area contributed by atoms with Gasteiger partial charge >= 0.3 is 0 Å². The second-order valence-corrected chi connectivity index (χ2v) is 6.08. The van der Waals surface area contributed by atoms with Gasteiger partial charge in [-0.05, 0) is 43.5 Å². The van der Waals surface area contributed by atoms with Crippen LogP contribution < -0.4 is 10.2 Å². The van der Waals surface area contributed by atoms with Crippen LogP contribution in [0.25, 0.3) is 0 Å². The maximum absolute atomic E-state index is 14.0. The smallest absolute Gasteiger partial charge is 0.251 e. The molecule has 0 unspecified atom stereocenters. The van der Waals surface area contributed by atoms with Gasteiger partial charge in [0, 0.05) is 43.0 Å². The van der Waals surface area contributed by atoms with E-state index in [0.717, 1.165) is 12.0 Å². The quantitative estimate of drug-likeness (QED) is 0.930. The Morgan fingerprint density at radius 1 is 1.24 bits per heavy atom. The molecule has 0 saturated carbocycles. The molecule has 1 aliphatic heterocycles. The zero-order valence-corrected chi connectivity index (χ0v) is 14.1. The Morgan fingerprint density at radius 2 is 2.00 bits per heavy atom. The third kappa shape index (κ3) is 3.68. The molecule has 0 aliphatic carbocycles. The lowest BCUT2D eigenvalue weighted by Gasteiger charge is -2.31. The predicted molar refractivity (Wildman–Crippen MR) is 93.0 cm³/mol. The van der Waals surface area contributed by atoms with Crippen molar-refractivity contribution in [3.05, 3.63) is 59.2 Å². The van der Waals surface area contributed by atoms with Gasteiger partial charge in [0.15, 0.2) is 0 Å². The van der Waals surface area contributed by atoms with Crippen molar-refractivity contribution in [3.8, 4) is 0 Å². The summed E-state index contributed by atoms with van der Waals surface area (Å²) in [5.74, 6) is -0.606. The highest BCUT2D eigenvalue weighted by Gasteiger charge is 2.26. The van der Waals surface area contributed by atoms with E-state index in [9.17, 15) is 14.0 Å². The van der Waals surface area contributed by atoms with Gasteiger partial charge in [-0.1, -0.05) is 6.07 Å². The zero-order chi connectivity index (χ0) is 17.8. The van der Waals surface area contributed by atoms with E-state index in [2.05, 4.69) is 10.3 Å². The van der Waals surface area contributed by atoms with Gasteiger partial charge in [-0.2, -0.15) is 0 Å². The molecule has 0 bridgehead atoms. The van der Waals surface area contributed by atoms with Gasteiger partial charge in [0.05, 0.1) is 5.69 Å². The molecule has 1 N–H and O–H groups in total. The van der Waals surface area contributed by atoms with E-state index in [-0.39, 0.29) is 30.6 Å². The summed E-state index contributed by atoms with van der Waals surface area (Å²) < 4.78 is 14.0. The number of carbonyl (C=O) groups excluding carboxylic acids is 2. The molecule has 0 fully saturated rings. The summed E-state index contributed by atoms with van der Waals surface area (Å²) in [6.07, 6.45) is 4.64. The summed E-state index contributed by atoms with van der Waals surface area (Å²) in [7, 11) is 0. The molecule has 1 aromatic carbocycles. The Kier molecular flexibility index (Phi) is 5.07. The number of aryl methyl sites for hydroxylation is 1. The van der Waals surface area contributed by atoms with E-state index in [1.54, 1.807) is 35.5 Å². The van der Waals surface area contributed by atoms with Gasteiger partial charge in [0.25, 0.3) is 5.91 Å². The number of pyridine rings is 1. The first-order chi connectivity index (χ1) is 12.1. The number of carbonyl (C=O) groups is 2. The van der Waals surface area contributed by atoms with Crippen LogP contribution in [-0.4, -0.2) is 29.9 Å². The van der Waals surface area contributed by atoms with E-state index in [4.69, 9.17) is 0 Å². The molecule has 1 aromatic heterocycles. The number of nitrogens with one attached hydrogen (secondary N) is 1. The van der Waals surface area contributed by atoms with Crippen molar-refractivity contribution in [1.29, 1.82) is 0 Å². The van der Waals surface area contributed by atoms with Crippen LogP contribution in [0, 0.1) is 12.7 Å². The number of nitrogens with zero attached hydrogens (tertiary/aromatic N) is 2. The van der Waals surface area contributed by atoms with Gasteiger partial charge in [-0.25, -0.2) is 4.39 Å². The largest absolute Gasteiger partial charge is 0.352 e. The average molecular weight is 341 g/mol. The van der Waals surface area contributed by atoms with Crippen LogP contribution in [0.1, 0.15) is 34.3 Å². The molecule has 2 aromatic rings. The fourth-order valence-electron chi connectivity index (χ4n) is 3.14. The van der Waals surface area contributed by atoms with Crippen LogP contribution >= 0.6 is 0 Å². The lowest BCUT2D eigenvalue weighted by atomic mass is 9.97. The number of anilines is 1. The Hall–Kier alpha value is -2.76. The summed E-state index contributed by atoms with van der Waals surface area (Å²) in [4.78, 5) is 30.1. The molecule has 6 heteroatoms. The molecule has 25 heavy (non-hydrogen) atoms. The van der Waals surface area contributed by atoms with E-state index < -0.39 is 0 Å². The van der Waals surface area contributed by atoms with Crippen molar-refractivity contribution < 1.29 is 14.0 Å². The van der Waals surface area contributed by atoms with E-state index in [1.165, 1.54) is 6.07 Å². The number of hydrogen-bond donors (Lipinski definition) is 1. The monoisotopic (exact) mass is 341 g/mol. The highest BCUT2D eigenvalue weighted by Crippen LogP contribution is 2.32. The first-order valence-corrected chi connectivity index (χ1v) is 8.34. The Balaban J connectivity index is 1.64. The maximum atomic E-state index is 14.0. The van der Waals surface area contributed by atoms with Crippen molar-refractivity contribution in [2.75, 3.05) is 18.0 Å². The third-order valence-electron chi connectivity index (χ3n) is 4.37. The third-order valence-corrected chi connectivity index (χ3v) is 4.37. The minimum atomic E-state index is -0.260. The van der Waals surface area contributed by atoms with Crippen molar-refractivity contribution in [1.82, 2.24) is 10.3 Å². The van der Waals surface area contributed by atoms with Gasteiger partial charge in [-0.15, -0.1) is 0 Å². The molecule has 2 amide bonds. The molecule has 2 heterocycles. The van der Waals surface area contributed by atoms with E-state index >= 15 is 0 Å². The average Bonchev–Trinajstić information content (AvgIpc) is 2.65. The summed E-state index contributed by atoms with van der Waals surface area (Å²) in [6, 6.07) is 6.39. The summed E-state index contributed by atoms with van der Waals surface area (Å²) in [6.45, 7) is 2.70. The minimum Gasteiger partial charge on any atom is -0.352 e. The Labute approximate surface area is 145 Å². The Bertz CT molecular complexity index is 793. The molecule has 0 spiro atoms. The molecular weight excluding hydrogens is 321 g/mol. The molecule has 3 rings (SSSR count). The van der Waals surface area contributed by atoms with Crippen LogP contribution in [0.15, 0.2) is 36.7 Å². The molecule has 1 aliphatic rings. The highest BCUT2D eigenvalue weighted by atomic mass is 19.1. The van der Waals surface area contributed by atoms with Gasteiger partial charge in [-0.3, -0.25) is 14.6 Å². The molecule has 0 saturated heterocycles. The van der Waals surface area contributed by atoms with E-state index in [1.807, 2.05) is 6.92 Å². The lowest BCUT2D eigenvalue weighted by Crippen LogP contribution is -2.38. The van der Waals surface area contributed by atoms with Gasteiger partial charge < -0.3 is 10.2 Å². The maximum Gasteiger partial charge on any atom is 0.251 e. The van der Waals surface area contributed by atoms with Crippen LogP contribution in [0.4, 0.5) is 10.1 Å². The summed E-state index contributed by atoms with van der Waals surface area (Å²) >= 11 is 0. The number of amides is 2. The first kappa shape index (κ1) is 17.1. The minimum absolute atomic E-state index is 0.107. The predicted octanol–water partition coefficient (Wildman–Crippen LogP) is 2.63. The molecule has 130 valence electrons. The standard InChI is InChI=1S/C19H20FN3O2/c1-13-4-5-16(20)15-3-2-12-23(18(13)15)17(24)8-11-22-19(25)14-6-9-21-10-7-14/h4-7,9-10H,2-3,8,11-12H2,1H3,(H,22,25). The van der Waals surface area contributed by atoms with Gasteiger partial charge in [0.1, 0.15) is 5.82 Å². The lowest BCUT2D eigenvalue weighted by molar-refractivity contribution is -0.118. The SMILES string of the molecule is Cc1ccc(F)c2c1N(C(=O)CCNC(=O)c1ccncc1)CCC2. The fourth-order valence-corrected chi connectivity index (χ4v) is 3.14. The van der Waals surface area contributed by atoms with Crippen LogP contribution in [-0.2, 0) is 11.2 Å². The van der Waals surface area contributed by atoms with Crippen molar-refractivity contribution in [2.24, 2.45) is 0 Å². The second kappa shape index (κ2) is 7.42. The topological polar surface area (TPSA) is 62.3 Å². The fraction of sp³-hybridized carbons (Fsp3) is 0.316. The van der Waals surface area contributed by atoms with E-state index in [0.29, 0.717) is 29.8 Å². The van der Waals surface area contributed by atoms with Crippen LogP contribution in [0.5, 0.6) is 0 Å². The molecular formula is C19H20FN3O2. The number of fused-ring (bicyclic) bond motifs is 1. The second-order valence-electron chi connectivity index (χ2n) is 6.08. The summed E-state index contributed by atoms with van der Waals surface area (Å²) in [5.41, 5.74) is 2.70. The number of aromatic nitrogens is 1. The normalized spacial score (nSPS) is 13.3. The molecule has 5 nitrogen and oxygen atoms in total. The van der Waals surface area contributed by atoms with Crippen LogP contribution in [0.2, 0.25) is 0 Å². The Morgan fingerprint density at radius 3 is 2.76 bits per heavy atom. The van der Waals surface area contributed by atoms with Crippen molar-refractivity contribution >= 4 is 17.5 Å². The number of hydrogen-bond acceptors (Lipinski definition) is 3. The molecule has 0 atom stereocenters. The number of rotatable bonds is 4. The van der Waals surface area contributed by atoms with Crippen molar-refractivity contribution in [2.45, 2.75) is 26.2 Å². The van der Waals surface area contributed by atoms with Gasteiger partial charge in [0.2, 0.25) is 5.91 Å². The van der Waals surface area contributed by atoms with Crippen LogP contribution in [0.3, 0.4) is 0 Å². The summed E-state index contributed by atoms with van der Waals surface area (Å²) in [5, 5.41) is 2.73. The number of benzene rings is 1. The van der Waals surface area contributed by atoms with Crippen molar-refractivity contribution in [3.63, 3.8) is 0 Å². The number of halogens is 1.